The lowest BCUT2D eigenvalue weighted by Crippen LogP contribution is -1.93. The number of fused-ring (bicyclic) bond motifs is 1. The summed E-state index contributed by atoms with van der Waals surface area (Å²) in [6, 6.07) is 7.53. The molecule has 0 fully saturated rings. The molecule has 72 valence electrons. The highest BCUT2D eigenvalue weighted by molar-refractivity contribution is 6.35. The molecular weight excluding hydrogens is 198 g/mol. The molecule has 0 saturated carbocycles. The summed E-state index contributed by atoms with van der Waals surface area (Å²) < 4.78 is 5.45. The smallest absolute Gasteiger partial charge is 0.145 e. The van der Waals surface area contributed by atoms with Gasteiger partial charge in [-0.1, -0.05) is 23.7 Å². The van der Waals surface area contributed by atoms with Crippen LogP contribution in [0, 0.1) is 0 Å². The minimum absolute atomic E-state index is 0.632. The monoisotopic (exact) mass is 207 g/mol. The number of benzene rings is 1. The van der Waals surface area contributed by atoms with Crippen LogP contribution in [0.1, 0.15) is 6.92 Å². The molecule has 2 rings (SSSR count). The number of aromatic nitrogens is 1. The topological polar surface area (TPSA) is 22.1 Å². The highest BCUT2D eigenvalue weighted by atomic mass is 35.5. The van der Waals surface area contributed by atoms with E-state index >= 15 is 0 Å². The van der Waals surface area contributed by atoms with Gasteiger partial charge in [-0.3, -0.25) is 4.98 Å². The van der Waals surface area contributed by atoms with E-state index in [4.69, 9.17) is 16.3 Å². The van der Waals surface area contributed by atoms with Gasteiger partial charge in [0.2, 0.25) is 0 Å². The maximum absolute atomic E-state index is 6.03. The van der Waals surface area contributed by atoms with Crippen LogP contribution in [-0.4, -0.2) is 11.6 Å². The molecule has 0 saturated heterocycles. The Balaban J connectivity index is 2.68. The molecule has 1 aromatic carbocycles. The zero-order chi connectivity index (χ0) is 9.97. The van der Waals surface area contributed by atoms with Crippen LogP contribution in [0.2, 0.25) is 5.02 Å². The first-order valence-electron chi connectivity index (χ1n) is 4.49. The lowest BCUT2D eigenvalue weighted by atomic mass is 10.2. The fraction of sp³-hybridized carbons (Fsp3) is 0.182. The van der Waals surface area contributed by atoms with Gasteiger partial charge < -0.3 is 4.74 Å². The molecule has 0 aliphatic heterocycles. The summed E-state index contributed by atoms with van der Waals surface area (Å²) in [7, 11) is 0. The van der Waals surface area contributed by atoms with E-state index in [1.807, 2.05) is 25.1 Å². The van der Waals surface area contributed by atoms with Gasteiger partial charge in [-0.15, -0.1) is 0 Å². The highest BCUT2D eigenvalue weighted by Gasteiger charge is 2.04. The minimum atomic E-state index is 0.632. The molecule has 2 aromatic rings. The van der Waals surface area contributed by atoms with Gasteiger partial charge in [0, 0.05) is 11.6 Å². The van der Waals surface area contributed by atoms with E-state index in [2.05, 4.69) is 4.98 Å². The number of pyridine rings is 1. The van der Waals surface area contributed by atoms with E-state index in [1.165, 1.54) is 0 Å². The second-order valence-corrected chi connectivity index (χ2v) is 3.29. The van der Waals surface area contributed by atoms with Crippen LogP contribution in [0.4, 0.5) is 0 Å². The van der Waals surface area contributed by atoms with E-state index in [0.717, 1.165) is 16.7 Å². The van der Waals surface area contributed by atoms with Crippen LogP contribution < -0.4 is 4.74 Å². The molecule has 0 N–H and O–H groups in total. The maximum atomic E-state index is 6.03. The fourth-order valence-corrected chi connectivity index (χ4v) is 1.60. The number of para-hydroxylation sites is 1. The zero-order valence-corrected chi connectivity index (χ0v) is 8.58. The van der Waals surface area contributed by atoms with E-state index < -0.39 is 0 Å². The lowest BCUT2D eigenvalue weighted by Gasteiger charge is -2.06. The van der Waals surface area contributed by atoms with Gasteiger partial charge in [-0.05, 0) is 19.1 Å². The molecule has 0 unspecified atom stereocenters. The van der Waals surface area contributed by atoms with Gasteiger partial charge in [-0.25, -0.2) is 0 Å². The molecule has 0 amide bonds. The standard InChI is InChI=1S/C11H10ClNO/c1-2-14-10-5-3-4-8-9(12)6-7-13-11(8)10/h3-7H,2H2,1H3. The van der Waals surface area contributed by atoms with Gasteiger partial charge in [0.05, 0.1) is 11.6 Å². The number of hydrogen-bond donors (Lipinski definition) is 0. The molecule has 1 heterocycles. The predicted molar refractivity (Wildman–Crippen MR) is 57.9 cm³/mol. The Morgan fingerprint density at radius 3 is 3.00 bits per heavy atom. The van der Waals surface area contributed by atoms with Gasteiger partial charge >= 0.3 is 0 Å². The first-order valence-corrected chi connectivity index (χ1v) is 4.86. The average Bonchev–Trinajstić information content (AvgIpc) is 2.20. The third-order valence-corrected chi connectivity index (χ3v) is 2.31. The van der Waals surface area contributed by atoms with E-state index in [9.17, 15) is 0 Å². The van der Waals surface area contributed by atoms with Crippen molar-refractivity contribution in [3.05, 3.63) is 35.5 Å². The molecule has 3 heteroatoms. The molecule has 0 atom stereocenters. The summed E-state index contributed by atoms with van der Waals surface area (Å²) in [6.07, 6.45) is 1.69. The Kier molecular flexibility index (Phi) is 2.55. The second-order valence-electron chi connectivity index (χ2n) is 2.88. The number of nitrogens with zero attached hydrogens (tertiary/aromatic N) is 1. The summed E-state index contributed by atoms with van der Waals surface area (Å²) in [5.41, 5.74) is 0.821. The molecule has 2 nitrogen and oxygen atoms in total. The third kappa shape index (κ3) is 1.53. The summed E-state index contributed by atoms with van der Waals surface area (Å²) in [4.78, 5) is 4.25. The van der Waals surface area contributed by atoms with Crippen LogP contribution in [0.5, 0.6) is 5.75 Å². The molecule has 0 bridgehead atoms. The Bertz CT molecular complexity index is 456. The van der Waals surface area contributed by atoms with Crippen LogP contribution in [-0.2, 0) is 0 Å². The summed E-state index contributed by atoms with van der Waals surface area (Å²) in [5.74, 6) is 0.785. The van der Waals surface area contributed by atoms with Crippen molar-refractivity contribution in [2.24, 2.45) is 0 Å². The molecule has 1 aromatic heterocycles. The summed E-state index contributed by atoms with van der Waals surface area (Å²) >= 11 is 6.03. The highest BCUT2D eigenvalue weighted by Crippen LogP contribution is 2.28. The Hall–Kier alpha value is -1.28. The normalized spacial score (nSPS) is 10.4. The Labute approximate surface area is 87.5 Å². The summed E-state index contributed by atoms with van der Waals surface area (Å²) in [5, 5.41) is 1.64. The number of ether oxygens (including phenoxy) is 1. The predicted octanol–water partition coefficient (Wildman–Crippen LogP) is 3.29. The Morgan fingerprint density at radius 1 is 1.36 bits per heavy atom. The van der Waals surface area contributed by atoms with Crippen LogP contribution in [0.3, 0.4) is 0 Å². The first kappa shape index (κ1) is 9.28. The Morgan fingerprint density at radius 2 is 2.21 bits per heavy atom. The van der Waals surface area contributed by atoms with Crippen LogP contribution in [0.15, 0.2) is 30.5 Å². The quantitative estimate of drug-likeness (QED) is 0.754. The first-order chi connectivity index (χ1) is 6.83. The van der Waals surface area contributed by atoms with Crippen molar-refractivity contribution in [3.63, 3.8) is 0 Å². The van der Waals surface area contributed by atoms with E-state index in [-0.39, 0.29) is 0 Å². The zero-order valence-electron chi connectivity index (χ0n) is 7.83. The van der Waals surface area contributed by atoms with Gasteiger partial charge in [0.15, 0.2) is 0 Å². The van der Waals surface area contributed by atoms with Gasteiger partial charge in [0.25, 0.3) is 0 Å². The van der Waals surface area contributed by atoms with Crippen molar-refractivity contribution in [1.29, 1.82) is 0 Å². The largest absolute Gasteiger partial charge is 0.492 e. The SMILES string of the molecule is CCOc1cccc2c(Cl)ccnc12. The van der Waals surface area contributed by atoms with Crippen molar-refractivity contribution in [1.82, 2.24) is 4.98 Å². The van der Waals surface area contributed by atoms with Crippen molar-refractivity contribution in [2.45, 2.75) is 6.92 Å². The van der Waals surface area contributed by atoms with Crippen molar-refractivity contribution >= 4 is 22.5 Å². The van der Waals surface area contributed by atoms with Crippen LogP contribution in [0.25, 0.3) is 10.9 Å². The number of rotatable bonds is 2. The molecular formula is C11H10ClNO. The van der Waals surface area contributed by atoms with E-state index in [0.29, 0.717) is 11.6 Å². The van der Waals surface area contributed by atoms with Crippen molar-refractivity contribution < 1.29 is 4.74 Å². The third-order valence-electron chi connectivity index (χ3n) is 1.98. The molecule has 0 radical (unpaired) electrons. The lowest BCUT2D eigenvalue weighted by molar-refractivity contribution is 0.343. The molecule has 0 spiro atoms. The van der Waals surface area contributed by atoms with Crippen molar-refractivity contribution in [2.75, 3.05) is 6.61 Å². The van der Waals surface area contributed by atoms with E-state index in [1.54, 1.807) is 12.3 Å². The fourth-order valence-electron chi connectivity index (χ4n) is 1.39. The molecule has 0 aliphatic carbocycles. The summed E-state index contributed by atoms with van der Waals surface area (Å²) in [6.45, 7) is 2.58. The second kappa shape index (κ2) is 3.84. The molecule has 14 heavy (non-hydrogen) atoms. The number of halogens is 1. The molecule has 0 aliphatic rings. The number of hydrogen-bond acceptors (Lipinski definition) is 2. The average molecular weight is 208 g/mol. The minimum Gasteiger partial charge on any atom is -0.492 e. The van der Waals surface area contributed by atoms with Gasteiger partial charge in [0.1, 0.15) is 11.3 Å². The van der Waals surface area contributed by atoms with Crippen molar-refractivity contribution in [3.8, 4) is 5.75 Å². The van der Waals surface area contributed by atoms with Gasteiger partial charge in [-0.2, -0.15) is 0 Å². The van der Waals surface area contributed by atoms with Crippen LogP contribution >= 0.6 is 11.6 Å². The maximum Gasteiger partial charge on any atom is 0.145 e.